The number of nitrogens with one attached hydrogen (secondary N) is 7. The van der Waals surface area contributed by atoms with Gasteiger partial charge in [0.05, 0.1) is 0 Å². The zero-order valence-electron chi connectivity index (χ0n) is 21.4. The van der Waals surface area contributed by atoms with Gasteiger partial charge in [0.15, 0.2) is 0 Å². The van der Waals surface area contributed by atoms with Gasteiger partial charge in [0, 0.05) is 42.7 Å². The summed E-state index contributed by atoms with van der Waals surface area (Å²) in [5.41, 5.74) is 0. The second kappa shape index (κ2) is 19.8. The Morgan fingerprint density at radius 2 is 0.667 bits per heavy atom. The van der Waals surface area contributed by atoms with Crippen molar-refractivity contribution < 1.29 is 33.4 Å². The molecule has 2 aromatic rings. The molecule has 0 saturated heterocycles. The molecule has 0 saturated carbocycles. The van der Waals surface area contributed by atoms with Crippen molar-refractivity contribution in [1.82, 2.24) is 24.9 Å². The van der Waals surface area contributed by atoms with Gasteiger partial charge in [0.25, 0.3) is 0 Å². The minimum absolute atomic E-state index is 0.303. The summed E-state index contributed by atoms with van der Waals surface area (Å²) in [5, 5.41) is 17.4. The Morgan fingerprint density at radius 3 is 0.944 bits per heavy atom. The van der Waals surface area contributed by atoms with Crippen molar-refractivity contribution in [1.29, 1.82) is 0 Å². The van der Waals surface area contributed by atoms with Crippen molar-refractivity contribution >= 4 is 35.7 Å². The van der Waals surface area contributed by atoms with Gasteiger partial charge < -0.3 is 49.7 Å². The van der Waals surface area contributed by atoms with Gasteiger partial charge in [-0.2, -0.15) is 15.0 Å². The van der Waals surface area contributed by atoms with E-state index in [4.69, 9.17) is 28.4 Å². The summed E-state index contributed by atoms with van der Waals surface area (Å²) < 4.78 is 29.4. The average molecular weight is 518 g/mol. The molecule has 2 aromatic heterocycles. The minimum atomic E-state index is 0.303. The minimum Gasteiger partial charge on any atom is -0.364 e. The molecule has 0 unspecified atom stereocenters. The maximum absolute atomic E-state index is 4.91. The molecule has 0 radical (unpaired) electrons. The van der Waals surface area contributed by atoms with Gasteiger partial charge >= 0.3 is 17.8 Å². The van der Waals surface area contributed by atoms with Crippen LogP contribution in [0.3, 0.4) is 0 Å². The maximum Gasteiger partial charge on any atom is 0.324 e. The van der Waals surface area contributed by atoms with E-state index in [1.807, 2.05) is 0 Å². The molecule has 0 atom stereocenters. The zero-order valence-corrected chi connectivity index (χ0v) is 21.4. The molecule has 204 valence electrons. The van der Waals surface area contributed by atoms with Crippen LogP contribution in [0.15, 0.2) is 0 Å². The van der Waals surface area contributed by atoms with Crippen molar-refractivity contribution in [3.63, 3.8) is 0 Å². The SMILES string of the molecule is COCNc1nc(NCOC)[nH+]c(NCOC)n1.COCNc1nc(NCOC)nc(NCOC)n1. The van der Waals surface area contributed by atoms with E-state index in [1.54, 1.807) is 42.7 Å². The Balaban J connectivity index is 0.000000360. The molecule has 0 fully saturated rings. The maximum atomic E-state index is 4.91. The predicted octanol–water partition coefficient (Wildman–Crippen LogP) is -0.743. The number of H-pyrrole nitrogens is 1. The summed E-state index contributed by atoms with van der Waals surface area (Å²) in [6, 6.07) is 0. The van der Waals surface area contributed by atoms with Crippen LogP contribution in [0.5, 0.6) is 0 Å². The first-order chi connectivity index (χ1) is 17.6. The third kappa shape index (κ3) is 13.5. The van der Waals surface area contributed by atoms with Crippen molar-refractivity contribution in [3.05, 3.63) is 0 Å². The third-order valence-corrected chi connectivity index (χ3v) is 3.57. The molecular weight excluding hydrogens is 480 g/mol. The molecule has 0 amide bonds. The lowest BCUT2D eigenvalue weighted by molar-refractivity contribution is -0.353. The van der Waals surface area contributed by atoms with Crippen LogP contribution >= 0.6 is 0 Å². The van der Waals surface area contributed by atoms with E-state index in [2.05, 4.69) is 61.8 Å². The monoisotopic (exact) mass is 517 g/mol. The summed E-state index contributed by atoms with van der Waals surface area (Å²) in [7, 11) is 9.47. The summed E-state index contributed by atoms with van der Waals surface area (Å²) in [4.78, 5) is 23.7. The summed E-state index contributed by atoms with van der Waals surface area (Å²) in [6.45, 7) is 1.89. The zero-order chi connectivity index (χ0) is 26.4. The van der Waals surface area contributed by atoms with Crippen molar-refractivity contribution in [2.75, 3.05) is 115 Å². The smallest absolute Gasteiger partial charge is 0.324 e. The van der Waals surface area contributed by atoms with Crippen molar-refractivity contribution in [2.24, 2.45) is 0 Å². The Bertz CT molecular complexity index is 640. The van der Waals surface area contributed by atoms with Gasteiger partial charge in [-0.05, 0) is 0 Å². The van der Waals surface area contributed by atoms with Crippen molar-refractivity contribution in [2.45, 2.75) is 0 Å². The molecular formula is C18H37N12O6+. The Kier molecular flexibility index (Phi) is 16.9. The number of anilines is 6. The van der Waals surface area contributed by atoms with E-state index in [9.17, 15) is 0 Å². The van der Waals surface area contributed by atoms with Gasteiger partial charge in [-0.15, -0.1) is 0 Å². The summed E-state index contributed by atoms with van der Waals surface area (Å²) in [6.07, 6.45) is 0. The van der Waals surface area contributed by atoms with Gasteiger partial charge in [-0.3, -0.25) is 10.6 Å². The highest BCUT2D eigenvalue weighted by atomic mass is 16.5. The highest BCUT2D eigenvalue weighted by Crippen LogP contribution is 2.09. The summed E-state index contributed by atoms with van der Waals surface area (Å²) in [5.74, 6) is 2.64. The fraction of sp³-hybridized carbons (Fsp3) is 0.667. The van der Waals surface area contributed by atoms with Crippen molar-refractivity contribution in [3.8, 4) is 0 Å². The summed E-state index contributed by atoms with van der Waals surface area (Å²) >= 11 is 0. The molecule has 2 rings (SSSR count). The van der Waals surface area contributed by atoms with Gasteiger partial charge in [-0.1, -0.05) is 9.97 Å². The number of aromatic nitrogens is 6. The largest absolute Gasteiger partial charge is 0.364 e. The molecule has 0 aliphatic carbocycles. The molecule has 18 nitrogen and oxygen atoms in total. The lowest BCUT2D eigenvalue weighted by Gasteiger charge is -2.10. The van der Waals surface area contributed by atoms with E-state index in [1.165, 1.54) is 0 Å². The third-order valence-electron chi connectivity index (χ3n) is 3.57. The highest BCUT2D eigenvalue weighted by molar-refractivity contribution is 5.41. The molecule has 0 aliphatic rings. The highest BCUT2D eigenvalue weighted by Gasteiger charge is 2.12. The van der Waals surface area contributed by atoms with Gasteiger partial charge in [0.1, 0.15) is 40.4 Å². The van der Waals surface area contributed by atoms with Gasteiger partial charge in [-0.25, -0.2) is 4.98 Å². The Labute approximate surface area is 209 Å². The first kappa shape index (κ1) is 30.6. The fourth-order valence-electron chi connectivity index (χ4n) is 2.09. The molecule has 18 heteroatoms. The number of hydrogen-bond acceptors (Lipinski definition) is 17. The number of ether oxygens (including phenoxy) is 6. The average Bonchev–Trinajstić information content (AvgIpc) is 2.90. The lowest BCUT2D eigenvalue weighted by atomic mass is 10.8. The van der Waals surface area contributed by atoms with E-state index in [-0.39, 0.29) is 0 Å². The number of methoxy groups -OCH3 is 6. The van der Waals surface area contributed by atoms with E-state index >= 15 is 0 Å². The first-order valence-corrected chi connectivity index (χ1v) is 10.5. The quantitative estimate of drug-likeness (QED) is 0.135. The van der Waals surface area contributed by atoms with Crippen LogP contribution < -0.4 is 36.9 Å². The molecule has 0 aromatic carbocycles. The predicted molar refractivity (Wildman–Crippen MR) is 131 cm³/mol. The second-order valence-electron chi connectivity index (χ2n) is 6.33. The second-order valence-corrected chi connectivity index (χ2v) is 6.33. The van der Waals surface area contributed by atoms with Crippen LogP contribution in [0, 0.1) is 0 Å². The van der Waals surface area contributed by atoms with Gasteiger partial charge in [0.2, 0.25) is 17.8 Å². The number of nitrogens with zero attached hydrogens (tertiary/aromatic N) is 5. The standard InChI is InChI=1S/2C9H18N6O3/c2*1-16-4-10-7-13-8(11-5-17-2)15-9(14-7)12-6-18-3/h2*4-6H2,1-3H3,(H3,10,11,12,13,14,15)/p+1. The topological polar surface area (TPSA) is 206 Å². The molecule has 7 N–H and O–H groups in total. The molecule has 36 heavy (non-hydrogen) atoms. The molecule has 0 aliphatic heterocycles. The Morgan fingerprint density at radius 1 is 0.417 bits per heavy atom. The number of rotatable bonds is 18. The van der Waals surface area contributed by atoms with Crippen LogP contribution in [-0.2, 0) is 28.4 Å². The molecule has 2 heterocycles. The van der Waals surface area contributed by atoms with E-state index < -0.39 is 0 Å². The van der Waals surface area contributed by atoms with E-state index in [0.717, 1.165) is 0 Å². The van der Waals surface area contributed by atoms with Crippen LogP contribution in [0.4, 0.5) is 35.7 Å². The molecule has 0 spiro atoms. The van der Waals surface area contributed by atoms with E-state index in [0.29, 0.717) is 76.1 Å². The Hall–Kier alpha value is -3.42. The van der Waals surface area contributed by atoms with Crippen LogP contribution in [-0.4, -0.2) is 108 Å². The first-order valence-electron chi connectivity index (χ1n) is 10.5. The van der Waals surface area contributed by atoms with Crippen LogP contribution in [0.2, 0.25) is 0 Å². The van der Waals surface area contributed by atoms with Crippen LogP contribution in [0.1, 0.15) is 0 Å². The number of aromatic amines is 1. The normalized spacial score (nSPS) is 10.2. The lowest BCUT2D eigenvalue weighted by Crippen LogP contribution is -2.25. The number of hydrogen-bond donors (Lipinski definition) is 6. The molecule has 0 bridgehead atoms. The van der Waals surface area contributed by atoms with Crippen LogP contribution in [0.25, 0.3) is 0 Å². The fourth-order valence-corrected chi connectivity index (χ4v) is 2.09.